The van der Waals surface area contributed by atoms with Gasteiger partial charge in [-0.25, -0.2) is 0 Å². The molecule has 0 fully saturated rings. The molecule has 3 aromatic rings. The number of carbonyl (C=O) groups is 1. The highest BCUT2D eigenvalue weighted by Crippen LogP contribution is 2.22. The third kappa shape index (κ3) is 5.61. The fourth-order valence-electron chi connectivity index (χ4n) is 2.61. The first-order valence-electron chi connectivity index (χ1n) is 9.23. The van der Waals surface area contributed by atoms with Crippen LogP contribution in [0.2, 0.25) is 0 Å². The molecule has 0 spiro atoms. The first-order valence-corrected chi connectivity index (χ1v) is 9.23. The van der Waals surface area contributed by atoms with Crippen molar-refractivity contribution in [2.75, 3.05) is 17.2 Å². The number of amides is 1. The van der Waals surface area contributed by atoms with Gasteiger partial charge in [0.2, 0.25) is 0 Å². The van der Waals surface area contributed by atoms with Crippen LogP contribution in [0.15, 0.2) is 78.9 Å². The second-order valence-corrected chi connectivity index (χ2v) is 6.25. The summed E-state index contributed by atoms with van der Waals surface area (Å²) in [6, 6.07) is 24.4. The topological polar surface area (TPSA) is 50.4 Å². The molecule has 0 unspecified atom stereocenters. The lowest BCUT2D eigenvalue weighted by atomic mass is 10.2. The molecule has 3 rings (SSSR count). The van der Waals surface area contributed by atoms with Gasteiger partial charge >= 0.3 is 0 Å². The van der Waals surface area contributed by atoms with E-state index in [9.17, 15) is 4.79 Å². The van der Waals surface area contributed by atoms with Crippen LogP contribution in [-0.4, -0.2) is 12.5 Å². The van der Waals surface area contributed by atoms with Crippen molar-refractivity contribution >= 4 is 17.3 Å². The van der Waals surface area contributed by atoms with Crippen molar-refractivity contribution in [3.8, 4) is 11.5 Å². The minimum Gasteiger partial charge on any atom is -0.457 e. The summed E-state index contributed by atoms with van der Waals surface area (Å²) in [5, 5.41) is 6.28. The number of nitrogens with one attached hydrogen (secondary N) is 2. The van der Waals surface area contributed by atoms with Crippen LogP contribution < -0.4 is 15.4 Å². The van der Waals surface area contributed by atoms with E-state index in [-0.39, 0.29) is 5.91 Å². The van der Waals surface area contributed by atoms with Gasteiger partial charge in [0, 0.05) is 23.5 Å². The van der Waals surface area contributed by atoms with Crippen LogP contribution in [0.25, 0.3) is 0 Å². The van der Waals surface area contributed by atoms with Crippen LogP contribution in [0.4, 0.5) is 11.4 Å². The molecule has 0 radical (unpaired) electrons. The summed E-state index contributed by atoms with van der Waals surface area (Å²) in [5.41, 5.74) is 2.36. The Morgan fingerprint density at radius 1 is 0.852 bits per heavy atom. The Morgan fingerprint density at radius 3 is 2.30 bits per heavy atom. The molecule has 4 heteroatoms. The highest BCUT2D eigenvalue weighted by atomic mass is 16.5. The molecular formula is C23H24N2O2. The maximum atomic E-state index is 12.5. The van der Waals surface area contributed by atoms with Gasteiger partial charge in [0.25, 0.3) is 5.91 Å². The molecule has 0 bridgehead atoms. The normalized spacial score (nSPS) is 10.3. The first-order chi connectivity index (χ1) is 13.2. The Labute approximate surface area is 160 Å². The fourth-order valence-corrected chi connectivity index (χ4v) is 2.61. The molecule has 27 heavy (non-hydrogen) atoms. The lowest BCUT2D eigenvalue weighted by Gasteiger charge is -2.10. The molecule has 0 saturated heterocycles. The van der Waals surface area contributed by atoms with E-state index in [2.05, 4.69) is 17.6 Å². The summed E-state index contributed by atoms with van der Waals surface area (Å²) in [6.45, 7) is 3.12. The highest BCUT2D eigenvalue weighted by molar-refractivity contribution is 6.04. The Hall–Kier alpha value is -3.27. The molecule has 3 aromatic carbocycles. The number of benzene rings is 3. The van der Waals surface area contributed by atoms with Crippen molar-refractivity contribution in [1.82, 2.24) is 0 Å². The van der Waals surface area contributed by atoms with E-state index < -0.39 is 0 Å². The summed E-state index contributed by atoms with van der Waals surface area (Å²) in [5.74, 6) is 1.20. The van der Waals surface area contributed by atoms with Gasteiger partial charge in [-0.3, -0.25) is 4.79 Å². The lowest BCUT2D eigenvalue weighted by Crippen LogP contribution is -2.11. The zero-order valence-electron chi connectivity index (χ0n) is 15.4. The van der Waals surface area contributed by atoms with E-state index in [4.69, 9.17) is 4.74 Å². The molecule has 0 aliphatic carbocycles. The van der Waals surface area contributed by atoms with Crippen molar-refractivity contribution in [2.24, 2.45) is 0 Å². The van der Waals surface area contributed by atoms with E-state index in [1.165, 1.54) is 0 Å². The molecule has 1 amide bonds. The van der Waals surface area contributed by atoms with Crippen molar-refractivity contribution in [3.05, 3.63) is 84.4 Å². The predicted octanol–water partition coefficient (Wildman–Crippen LogP) is 5.94. The van der Waals surface area contributed by atoms with E-state index >= 15 is 0 Å². The molecular weight excluding hydrogens is 336 g/mol. The average molecular weight is 360 g/mol. The molecule has 138 valence electrons. The standard InChI is InChI=1S/C23H24N2O2/c1-2-3-16-24-19-12-14-20(15-13-19)25-23(26)18-8-7-11-22(17-18)27-21-9-5-4-6-10-21/h4-15,17,24H,2-3,16H2,1H3,(H,25,26). The Morgan fingerprint density at radius 2 is 1.56 bits per heavy atom. The third-order valence-electron chi connectivity index (χ3n) is 4.08. The number of rotatable bonds is 8. The molecule has 0 atom stereocenters. The lowest BCUT2D eigenvalue weighted by molar-refractivity contribution is 0.102. The minimum absolute atomic E-state index is 0.166. The summed E-state index contributed by atoms with van der Waals surface area (Å²) in [4.78, 5) is 12.5. The largest absolute Gasteiger partial charge is 0.457 e. The van der Waals surface area contributed by atoms with E-state index in [1.807, 2.05) is 66.7 Å². The zero-order chi connectivity index (χ0) is 18.9. The van der Waals surface area contributed by atoms with Crippen LogP contribution in [-0.2, 0) is 0 Å². The number of anilines is 2. The fraction of sp³-hybridized carbons (Fsp3) is 0.174. The van der Waals surface area contributed by atoms with Crippen molar-refractivity contribution in [3.63, 3.8) is 0 Å². The maximum Gasteiger partial charge on any atom is 0.255 e. The second kappa shape index (κ2) is 9.43. The smallest absolute Gasteiger partial charge is 0.255 e. The van der Waals surface area contributed by atoms with Gasteiger partial charge in [-0.2, -0.15) is 0 Å². The van der Waals surface area contributed by atoms with Crippen LogP contribution in [0.3, 0.4) is 0 Å². The van der Waals surface area contributed by atoms with E-state index in [0.29, 0.717) is 11.3 Å². The average Bonchev–Trinajstić information content (AvgIpc) is 2.70. The van der Waals surface area contributed by atoms with Crippen molar-refractivity contribution in [1.29, 1.82) is 0 Å². The number of unbranched alkanes of at least 4 members (excludes halogenated alkanes) is 1. The van der Waals surface area contributed by atoms with Gasteiger partial charge in [-0.05, 0) is 61.0 Å². The van der Waals surface area contributed by atoms with Gasteiger partial charge in [0.1, 0.15) is 11.5 Å². The SMILES string of the molecule is CCCCNc1ccc(NC(=O)c2cccc(Oc3ccccc3)c2)cc1. The Balaban J connectivity index is 1.61. The number of para-hydroxylation sites is 1. The highest BCUT2D eigenvalue weighted by Gasteiger charge is 2.08. The number of hydrogen-bond donors (Lipinski definition) is 2. The van der Waals surface area contributed by atoms with E-state index in [0.717, 1.165) is 36.5 Å². The van der Waals surface area contributed by atoms with Gasteiger partial charge < -0.3 is 15.4 Å². The molecule has 4 nitrogen and oxygen atoms in total. The Kier molecular flexibility index (Phi) is 6.47. The molecule has 0 saturated carbocycles. The quantitative estimate of drug-likeness (QED) is 0.489. The summed E-state index contributed by atoms with van der Waals surface area (Å²) in [6.07, 6.45) is 2.30. The van der Waals surface area contributed by atoms with Crippen molar-refractivity contribution < 1.29 is 9.53 Å². The monoisotopic (exact) mass is 360 g/mol. The number of hydrogen-bond acceptors (Lipinski definition) is 3. The molecule has 0 aliphatic rings. The second-order valence-electron chi connectivity index (χ2n) is 6.25. The summed E-state index contributed by atoms with van der Waals surface area (Å²) in [7, 11) is 0. The summed E-state index contributed by atoms with van der Waals surface area (Å²) >= 11 is 0. The molecule has 0 aliphatic heterocycles. The number of ether oxygens (including phenoxy) is 1. The van der Waals surface area contributed by atoms with Crippen LogP contribution in [0, 0.1) is 0 Å². The van der Waals surface area contributed by atoms with Crippen molar-refractivity contribution in [2.45, 2.75) is 19.8 Å². The molecule has 2 N–H and O–H groups in total. The zero-order valence-corrected chi connectivity index (χ0v) is 15.4. The Bertz CT molecular complexity index is 861. The maximum absolute atomic E-state index is 12.5. The molecule has 0 heterocycles. The summed E-state index contributed by atoms with van der Waals surface area (Å²) < 4.78 is 5.79. The predicted molar refractivity (Wildman–Crippen MR) is 111 cm³/mol. The van der Waals surface area contributed by atoms with E-state index in [1.54, 1.807) is 12.1 Å². The minimum atomic E-state index is -0.166. The van der Waals surface area contributed by atoms with Gasteiger partial charge in [0.15, 0.2) is 0 Å². The van der Waals surface area contributed by atoms with Crippen LogP contribution in [0.1, 0.15) is 30.1 Å². The third-order valence-corrected chi connectivity index (χ3v) is 4.08. The van der Waals surface area contributed by atoms with Gasteiger partial charge in [-0.1, -0.05) is 37.6 Å². The van der Waals surface area contributed by atoms with Crippen LogP contribution >= 0.6 is 0 Å². The van der Waals surface area contributed by atoms with Gasteiger partial charge in [0.05, 0.1) is 0 Å². The number of carbonyl (C=O) groups excluding carboxylic acids is 1. The molecule has 0 aromatic heterocycles. The van der Waals surface area contributed by atoms with Gasteiger partial charge in [-0.15, -0.1) is 0 Å². The van der Waals surface area contributed by atoms with Crippen LogP contribution in [0.5, 0.6) is 11.5 Å². The first kappa shape index (κ1) is 18.5.